The van der Waals surface area contributed by atoms with E-state index in [1.54, 1.807) is 19.2 Å². The quantitative estimate of drug-likeness (QED) is 0.619. The molecule has 1 aliphatic rings. The van der Waals surface area contributed by atoms with Gasteiger partial charge in [0.15, 0.2) is 14.9 Å². The summed E-state index contributed by atoms with van der Waals surface area (Å²) in [6.45, 7) is 1.19. The van der Waals surface area contributed by atoms with Crippen LogP contribution in [0.5, 0.6) is 0 Å². The smallest absolute Gasteiger partial charge is 0.173 e. The first kappa shape index (κ1) is 18.1. The molecule has 0 unspecified atom stereocenters. The monoisotopic (exact) mass is 360 g/mol. The fourth-order valence-corrected chi connectivity index (χ4v) is 4.67. The van der Waals surface area contributed by atoms with Crippen molar-refractivity contribution in [3.8, 4) is 0 Å². The van der Waals surface area contributed by atoms with Crippen LogP contribution in [0.25, 0.3) is 0 Å². The third-order valence-corrected chi connectivity index (χ3v) is 5.84. The first-order chi connectivity index (χ1) is 10.9. The van der Waals surface area contributed by atoms with Gasteiger partial charge in [-0.15, -0.1) is 0 Å². The van der Waals surface area contributed by atoms with E-state index in [9.17, 15) is 12.8 Å². The van der Waals surface area contributed by atoms with Crippen LogP contribution in [0.15, 0.2) is 24.3 Å². The van der Waals surface area contributed by atoms with Gasteiger partial charge in [-0.2, -0.15) is 0 Å². The average molecular weight is 360 g/mol. The number of hydrogen-bond acceptors (Lipinski definition) is 4. The van der Waals surface area contributed by atoms with Crippen LogP contribution in [-0.2, 0) is 14.6 Å². The van der Waals surface area contributed by atoms with E-state index in [-0.39, 0.29) is 23.4 Å². The Hall–Kier alpha value is -1.25. The number of methoxy groups -OCH3 is 1. The molecule has 8 heteroatoms. The first-order valence-electron chi connectivity index (χ1n) is 7.44. The van der Waals surface area contributed by atoms with Crippen molar-refractivity contribution >= 4 is 32.9 Å². The fourth-order valence-electron chi connectivity index (χ4n) is 2.58. The van der Waals surface area contributed by atoms with Gasteiger partial charge in [-0.1, -0.05) is 0 Å². The van der Waals surface area contributed by atoms with Crippen LogP contribution in [0.4, 0.5) is 10.1 Å². The lowest BCUT2D eigenvalue weighted by Gasteiger charge is -2.31. The molecule has 2 rings (SSSR count). The van der Waals surface area contributed by atoms with Crippen LogP contribution in [0, 0.1) is 5.82 Å². The van der Waals surface area contributed by atoms with Crippen molar-refractivity contribution in [2.45, 2.75) is 18.9 Å². The van der Waals surface area contributed by atoms with Crippen molar-refractivity contribution in [2.24, 2.45) is 0 Å². The van der Waals surface area contributed by atoms with Crippen molar-refractivity contribution < 1.29 is 17.5 Å². The predicted molar refractivity (Wildman–Crippen MR) is 92.9 cm³/mol. The van der Waals surface area contributed by atoms with Gasteiger partial charge in [0.2, 0.25) is 0 Å². The number of sulfone groups is 1. The maximum Gasteiger partial charge on any atom is 0.173 e. The number of nitrogens with one attached hydrogen (secondary N) is 1. The lowest BCUT2D eigenvalue weighted by atomic mass is 10.2. The zero-order valence-corrected chi connectivity index (χ0v) is 14.6. The third-order valence-electron chi connectivity index (χ3n) is 3.75. The molecule has 0 radical (unpaired) electrons. The molecule has 0 aromatic heterocycles. The van der Waals surface area contributed by atoms with Crippen molar-refractivity contribution in [2.75, 3.05) is 37.1 Å². The van der Waals surface area contributed by atoms with Crippen LogP contribution in [0.3, 0.4) is 0 Å². The van der Waals surface area contributed by atoms with E-state index in [1.807, 2.05) is 4.90 Å². The Balaban J connectivity index is 2.05. The molecule has 1 saturated heterocycles. The van der Waals surface area contributed by atoms with Gasteiger partial charge in [-0.05, 0) is 49.3 Å². The van der Waals surface area contributed by atoms with Gasteiger partial charge in [-0.3, -0.25) is 0 Å². The third kappa shape index (κ3) is 5.40. The highest BCUT2D eigenvalue weighted by molar-refractivity contribution is 7.91. The minimum Gasteiger partial charge on any atom is -0.385 e. The van der Waals surface area contributed by atoms with Gasteiger partial charge in [-0.25, -0.2) is 12.8 Å². The highest BCUT2D eigenvalue weighted by atomic mass is 32.2. The molecule has 1 atom stereocenters. The number of thiocarbonyl (C=S) groups is 1. The topological polar surface area (TPSA) is 58.6 Å². The first-order valence-corrected chi connectivity index (χ1v) is 9.67. The Labute approximate surface area is 141 Å². The summed E-state index contributed by atoms with van der Waals surface area (Å²) in [4.78, 5) is 1.91. The lowest BCUT2D eigenvalue weighted by molar-refractivity contribution is 0.181. The highest BCUT2D eigenvalue weighted by Crippen LogP contribution is 2.20. The molecule has 0 amide bonds. The van der Waals surface area contributed by atoms with Crippen LogP contribution in [0.1, 0.15) is 12.8 Å². The summed E-state index contributed by atoms with van der Waals surface area (Å²) in [5, 5.41) is 3.51. The predicted octanol–water partition coefficient (Wildman–Crippen LogP) is 2.05. The van der Waals surface area contributed by atoms with E-state index in [0.29, 0.717) is 30.4 Å². The summed E-state index contributed by atoms with van der Waals surface area (Å²) in [6.07, 6.45) is 1.32. The van der Waals surface area contributed by atoms with Gasteiger partial charge in [0.1, 0.15) is 5.82 Å². The molecule has 0 saturated carbocycles. The normalized spacial score (nSPS) is 19.5. The fraction of sp³-hybridized carbons (Fsp3) is 0.533. The maximum absolute atomic E-state index is 13.0. The number of rotatable bonds is 6. The molecular formula is C15H21FN2O3S2. The molecule has 23 heavy (non-hydrogen) atoms. The number of nitrogens with zero attached hydrogens (tertiary/aromatic N) is 1. The van der Waals surface area contributed by atoms with Crippen molar-refractivity contribution in [1.29, 1.82) is 0 Å². The zero-order chi connectivity index (χ0) is 16.9. The standard InChI is InChI=1S/C15H21FN2O3S2/c1-21-9-2-8-18(14-7-10-23(19,20)11-14)15(22)17-13-5-3-12(16)4-6-13/h3-6,14H,2,7-11H2,1H3,(H,17,22)/t14-/m0/s1. The second-order valence-electron chi connectivity index (χ2n) is 5.53. The van der Waals surface area contributed by atoms with E-state index < -0.39 is 9.84 Å². The second kappa shape index (κ2) is 8.03. The van der Waals surface area contributed by atoms with Crippen LogP contribution in [0.2, 0.25) is 0 Å². The molecule has 128 valence electrons. The number of anilines is 1. The van der Waals surface area contributed by atoms with E-state index >= 15 is 0 Å². The Kier molecular flexibility index (Phi) is 6.32. The summed E-state index contributed by atoms with van der Waals surface area (Å²) in [7, 11) is -1.37. The van der Waals surface area contributed by atoms with Gasteiger partial charge < -0.3 is 15.0 Å². The van der Waals surface area contributed by atoms with E-state index in [4.69, 9.17) is 17.0 Å². The Morgan fingerprint density at radius 2 is 2.13 bits per heavy atom. The Bertz CT molecular complexity index is 635. The van der Waals surface area contributed by atoms with E-state index in [1.165, 1.54) is 12.1 Å². The largest absolute Gasteiger partial charge is 0.385 e. The summed E-state index contributed by atoms with van der Waals surface area (Å²) in [5.41, 5.74) is 0.675. The molecule has 0 aliphatic carbocycles. The van der Waals surface area contributed by atoms with Crippen LogP contribution >= 0.6 is 12.2 Å². The van der Waals surface area contributed by atoms with E-state index in [0.717, 1.165) is 6.42 Å². The molecule has 1 aromatic carbocycles. The number of hydrogen-bond donors (Lipinski definition) is 1. The minimum absolute atomic E-state index is 0.116. The number of halogens is 1. The zero-order valence-electron chi connectivity index (χ0n) is 13.0. The van der Waals surface area contributed by atoms with Crippen LogP contribution < -0.4 is 5.32 Å². The Morgan fingerprint density at radius 1 is 1.43 bits per heavy atom. The SMILES string of the molecule is COCCCN(C(=S)Nc1ccc(F)cc1)[C@H]1CCS(=O)(=O)C1. The van der Waals surface area contributed by atoms with Gasteiger partial charge in [0.05, 0.1) is 11.5 Å². The van der Waals surface area contributed by atoms with Gasteiger partial charge >= 0.3 is 0 Å². The summed E-state index contributed by atoms with van der Waals surface area (Å²) in [6, 6.07) is 5.76. The number of ether oxygens (including phenoxy) is 1. The molecule has 0 bridgehead atoms. The molecule has 1 heterocycles. The average Bonchev–Trinajstić information content (AvgIpc) is 2.86. The molecule has 5 nitrogen and oxygen atoms in total. The minimum atomic E-state index is -2.99. The van der Waals surface area contributed by atoms with Crippen molar-refractivity contribution in [3.05, 3.63) is 30.1 Å². The lowest BCUT2D eigenvalue weighted by Crippen LogP contribution is -2.44. The second-order valence-corrected chi connectivity index (χ2v) is 8.15. The molecule has 1 N–H and O–H groups in total. The summed E-state index contributed by atoms with van der Waals surface area (Å²) < 4.78 is 41.5. The van der Waals surface area contributed by atoms with Crippen molar-refractivity contribution in [1.82, 2.24) is 4.90 Å². The summed E-state index contributed by atoms with van der Waals surface area (Å²) >= 11 is 5.44. The van der Waals surface area contributed by atoms with Gasteiger partial charge in [0, 0.05) is 32.0 Å². The van der Waals surface area contributed by atoms with Gasteiger partial charge in [0.25, 0.3) is 0 Å². The van der Waals surface area contributed by atoms with Crippen LogP contribution in [-0.4, -0.2) is 56.2 Å². The molecule has 1 aromatic rings. The molecule has 0 spiro atoms. The number of benzene rings is 1. The Morgan fingerprint density at radius 3 is 2.70 bits per heavy atom. The van der Waals surface area contributed by atoms with E-state index in [2.05, 4.69) is 5.32 Å². The molecular weight excluding hydrogens is 339 g/mol. The molecule has 1 fully saturated rings. The molecule has 1 aliphatic heterocycles. The van der Waals surface area contributed by atoms with Crippen molar-refractivity contribution in [3.63, 3.8) is 0 Å². The summed E-state index contributed by atoms with van der Waals surface area (Å²) in [5.74, 6) is -0.0108. The highest BCUT2D eigenvalue weighted by Gasteiger charge is 2.33. The maximum atomic E-state index is 13.0.